The molecular formula is C17H20BrNOS. The Morgan fingerprint density at radius 2 is 2.00 bits per heavy atom. The summed E-state index contributed by atoms with van der Waals surface area (Å²) in [5.74, 6) is 0.802. The van der Waals surface area contributed by atoms with Crippen LogP contribution in [0.5, 0.6) is 0 Å². The molecule has 1 aliphatic carbocycles. The summed E-state index contributed by atoms with van der Waals surface area (Å²) in [6.45, 7) is 2.33. The Morgan fingerprint density at radius 1 is 1.29 bits per heavy atom. The van der Waals surface area contributed by atoms with Crippen LogP contribution in [0.2, 0.25) is 0 Å². The number of hydrogen-bond acceptors (Lipinski definition) is 3. The molecule has 1 saturated carbocycles. The lowest BCUT2D eigenvalue weighted by Gasteiger charge is -2.36. The summed E-state index contributed by atoms with van der Waals surface area (Å²) in [6.07, 6.45) is 4.59. The molecule has 0 saturated heterocycles. The maximum absolute atomic E-state index is 5.93. The summed E-state index contributed by atoms with van der Waals surface area (Å²) < 4.78 is 7.02. The second-order valence-corrected chi connectivity index (χ2v) is 7.61. The Labute approximate surface area is 138 Å². The number of aromatic nitrogens is 1. The first-order chi connectivity index (χ1) is 10.1. The second-order valence-electron chi connectivity index (χ2n) is 5.90. The molecule has 112 valence electrons. The summed E-state index contributed by atoms with van der Waals surface area (Å²) in [6, 6.07) is 8.24. The fourth-order valence-electron chi connectivity index (χ4n) is 3.01. The predicted molar refractivity (Wildman–Crippen MR) is 91.6 cm³/mol. The van der Waals surface area contributed by atoms with Gasteiger partial charge in [-0.15, -0.1) is 11.3 Å². The zero-order chi connectivity index (χ0) is 14.9. The number of halogens is 1. The molecule has 0 aliphatic heterocycles. The van der Waals surface area contributed by atoms with E-state index in [2.05, 4.69) is 40.4 Å². The van der Waals surface area contributed by atoms with Crippen molar-refractivity contribution in [3.05, 3.63) is 39.1 Å². The maximum Gasteiger partial charge on any atom is 0.125 e. The van der Waals surface area contributed by atoms with Gasteiger partial charge >= 0.3 is 0 Å². The van der Waals surface area contributed by atoms with Crippen LogP contribution < -0.4 is 0 Å². The van der Waals surface area contributed by atoms with Gasteiger partial charge in [-0.25, -0.2) is 4.98 Å². The van der Waals surface area contributed by atoms with E-state index in [9.17, 15) is 0 Å². The van der Waals surface area contributed by atoms with E-state index in [0.29, 0.717) is 0 Å². The number of nitrogens with zero attached hydrogens (tertiary/aromatic N) is 1. The maximum atomic E-state index is 5.93. The van der Waals surface area contributed by atoms with E-state index in [1.165, 1.54) is 12.8 Å². The topological polar surface area (TPSA) is 22.1 Å². The van der Waals surface area contributed by atoms with E-state index >= 15 is 0 Å². The highest BCUT2D eigenvalue weighted by molar-refractivity contribution is 9.10. The molecule has 4 heteroatoms. The average Bonchev–Trinajstić information content (AvgIpc) is 2.99. The van der Waals surface area contributed by atoms with Gasteiger partial charge in [0.25, 0.3) is 0 Å². The van der Waals surface area contributed by atoms with Crippen molar-refractivity contribution >= 4 is 27.3 Å². The third-order valence-corrected chi connectivity index (χ3v) is 6.24. The average molecular weight is 366 g/mol. The molecule has 2 aromatic rings. The van der Waals surface area contributed by atoms with E-state index in [4.69, 9.17) is 9.72 Å². The molecule has 1 aromatic heterocycles. The van der Waals surface area contributed by atoms with Crippen molar-refractivity contribution < 1.29 is 4.74 Å². The van der Waals surface area contributed by atoms with Crippen LogP contribution in [-0.2, 0) is 10.3 Å². The quantitative estimate of drug-likeness (QED) is 0.703. The van der Waals surface area contributed by atoms with Gasteiger partial charge in [-0.3, -0.25) is 0 Å². The van der Waals surface area contributed by atoms with Crippen LogP contribution in [0.15, 0.2) is 34.1 Å². The van der Waals surface area contributed by atoms with Crippen molar-refractivity contribution in [2.75, 3.05) is 7.11 Å². The van der Waals surface area contributed by atoms with Gasteiger partial charge in [-0.05, 0) is 37.7 Å². The van der Waals surface area contributed by atoms with Crippen LogP contribution in [0.3, 0.4) is 0 Å². The Kier molecular flexibility index (Phi) is 4.48. The Hall–Kier alpha value is -0.710. The first kappa shape index (κ1) is 15.2. The molecule has 0 atom stereocenters. The van der Waals surface area contributed by atoms with E-state index in [1.807, 2.05) is 19.2 Å². The Bertz CT molecular complexity index is 617. The summed E-state index contributed by atoms with van der Waals surface area (Å²) in [5.41, 5.74) is 2.02. The fourth-order valence-corrected chi connectivity index (χ4v) is 4.55. The van der Waals surface area contributed by atoms with Crippen molar-refractivity contribution in [3.8, 4) is 11.3 Å². The summed E-state index contributed by atoms with van der Waals surface area (Å²) in [5, 5.41) is 3.27. The largest absolute Gasteiger partial charge is 0.371 e. The van der Waals surface area contributed by atoms with Gasteiger partial charge in [0.05, 0.1) is 5.69 Å². The third-order valence-electron chi connectivity index (χ3n) is 4.52. The highest BCUT2D eigenvalue weighted by Crippen LogP contribution is 2.44. The second kappa shape index (κ2) is 6.19. The number of benzene rings is 1. The molecule has 2 nitrogen and oxygen atoms in total. The zero-order valence-corrected chi connectivity index (χ0v) is 14.8. The fraction of sp³-hybridized carbons (Fsp3) is 0.471. The Balaban J connectivity index is 1.92. The number of thiazole rings is 1. The lowest BCUT2D eigenvalue weighted by Crippen LogP contribution is -2.33. The van der Waals surface area contributed by atoms with Crippen LogP contribution in [0.1, 0.15) is 37.6 Å². The minimum Gasteiger partial charge on any atom is -0.371 e. The number of ether oxygens (including phenoxy) is 1. The molecule has 1 heterocycles. The molecule has 0 N–H and O–H groups in total. The molecule has 0 radical (unpaired) electrons. The molecule has 1 fully saturated rings. The summed E-state index contributed by atoms with van der Waals surface area (Å²) >= 11 is 5.34. The van der Waals surface area contributed by atoms with E-state index in [-0.39, 0.29) is 5.60 Å². The van der Waals surface area contributed by atoms with Gasteiger partial charge in [-0.1, -0.05) is 41.1 Å². The lowest BCUT2D eigenvalue weighted by molar-refractivity contribution is -0.0530. The van der Waals surface area contributed by atoms with Gasteiger partial charge in [0.1, 0.15) is 10.6 Å². The highest BCUT2D eigenvalue weighted by Gasteiger charge is 2.38. The van der Waals surface area contributed by atoms with Crippen molar-refractivity contribution in [1.29, 1.82) is 0 Å². The first-order valence-corrected chi connectivity index (χ1v) is 9.08. The lowest BCUT2D eigenvalue weighted by atomic mass is 9.80. The zero-order valence-electron chi connectivity index (χ0n) is 12.4. The minimum atomic E-state index is -0.170. The molecular weight excluding hydrogens is 346 g/mol. The number of hydrogen-bond donors (Lipinski definition) is 0. The molecule has 21 heavy (non-hydrogen) atoms. The van der Waals surface area contributed by atoms with Crippen molar-refractivity contribution in [2.45, 2.75) is 38.2 Å². The minimum absolute atomic E-state index is 0.170. The standard InChI is InChI=1S/C17H20BrNOS/c1-12-7-9-17(20-2,10-8-12)16-19-15(11-21-16)13-5-3-4-6-14(13)18/h3-6,11-12H,7-10H2,1-2H3. The monoisotopic (exact) mass is 365 g/mol. The predicted octanol–water partition coefficient (Wildman–Crippen LogP) is 5.62. The number of methoxy groups -OCH3 is 1. The van der Waals surface area contributed by atoms with E-state index in [0.717, 1.165) is 39.5 Å². The van der Waals surface area contributed by atoms with Gasteiger partial charge in [-0.2, -0.15) is 0 Å². The summed E-state index contributed by atoms with van der Waals surface area (Å²) in [4.78, 5) is 4.90. The van der Waals surface area contributed by atoms with Crippen molar-refractivity contribution in [1.82, 2.24) is 4.98 Å². The third kappa shape index (κ3) is 2.94. The van der Waals surface area contributed by atoms with Crippen LogP contribution >= 0.6 is 27.3 Å². The highest BCUT2D eigenvalue weighted by atomic mass is 79.9. The van der Waals surface area contributed by atoms with E-state index < -0.39 is 0 Å². The van der Waals surface area contributed by atoms with Crippen LogP contribution in [-0.4, -0.2) is 12.1 Å². The Morgan fingerprint density at radius 3 is 2.67 bits per heavy atom. The molecule has 0 bridgehead atoms. The smallest absolute Gasteiger partial charge is 0.125 e. The molecule has 0 amide bonds. The molecule has 3 rings (SSSR count). The van der Waals surface area contributed by atoms with E-state index in [1.54, 1.807) is 11.3 Å². The van der Waals surface area contributed by atoms with Gasteiger partial charge in [0, 0.05) is 22.5 Å². The summed E-state index contributed by atoms with van der Waals surface area (Å²) in [7, 11) is 1.83. The normalized spacial score (nSPS) is 26.0. The van der Waals surface area contributed by atoms with Gasteiger partial charge in [0.2, 0.25) is 0 Å². The molecule has 0 spiro atoms. The molecule has 1 aromatic carbocycles. The first-order valence-electron chi connectivity index (χ1n) is 7.41. The van der Waals surface area contributed by atoms with Crippen molar-refractivity contribution in [2.24, 2.45) is 5.92 Å². The van der Waals surface area contributed by atoms with Crippen LogP contribution in [0.25, 0.3) is 11.3 Å². The van der Waals surface area contributed by atoms with Gasteiger partial charge < -0.3 is 4.74 Å². The molecule has 0 unspecified atom stereocenters. The SMILES string of the molecule is COC1(c2nc(-c3ccccc3Br)cs2)CCC(C)CC1. The number of rotatable bonds is 3. The molecule has 1 aliphatic rings. The van der Waals surface area contributed by atoms with Gasteiger partial charge in [0.15, 0.2) is 0 Å². The van der Waals surface area contributed by atoms with Crippen LogP contribution in [0.4, 0.5) is 0 Å². The van der Waals surface area contributed by atoms with Crippen LogP contribution in [0, 0.1) is 5.92 Å². The van der Waals surface area contributed by atoms with Crippen molar-refractivity contribution in [3.63, 3.8) is 0 Å².